The van der Waals surface area contributed by atoms with Gasteiger partial charge in [-0.05, 0) is 49.6 Å². The van der Waals surface area contributed by atoms with Gasteiger partial charge < -0.3 is 10.6 Å². The van der Waals surface area contributed by atoms with Crippen LogP contribution >= 0.6 is 11.6 Å². The maximum atomic E-state index is 12.5. The molecule has 0 spiro atoms. The highest BCUT2D eigenvalue weighted by molar-refractivity contribution is 6.31. The largest absolute Gasteiger partial charge is 0.349 e. The molecule has 1 heterocycles. The van der Waals surface area contributed by atoms with Gasteiger partial charge in [0.15, 0.2) is 0 Å². The number of hydrogen-bond donors (Lipinski definition) is 2. The van der Waals surface area contributed by atoms with Crippen LogP contribution in [0.4, 0.5) is 5.69 Å². The summed E-state index contributed by atoms with van der Waals surface area (Å²) in [6.45, 7) is 1.83. The van der Waals surface area contributed by atoms with Crippen LogP contribution in [0.1, 0.15) is 58.5 Å². The molecule has 5 nitrogen and oxygen atoms in total. The molecule has 1 aliphatic carbocycles. The first-order valence-electron chi connectivity index (χ1n) is 8.88. The lowest BCUT2D eigenvalue weighted by atomic mass is 9.95. The number of nitrogens with zero attached hydrogens (tertiary/aromatic N) is 1. The molecule has 6 heteroatoms. The third-order valence-corrected chi connectivity index (χ3v) is 5.12. The summed E-state index contributed by atoms with van der Waals surface area (Å²) in [4.78, 5) is 29.0. The van der Waals surface area contributed by atoms with Gasteiger partial charge in [0.25, 0.3) is 11.8 Å². The number of aromatic nitrogens is 1. The molecule has 2 aromatic rings. The third-order valence-electron chi connectivity index (χ3n) is 4.71. The summed E-state index contributed by atoms with van der Waals surface area (Å²) in [6, 6.07) is 8.68. The van der Waals surface area contributed by atoms with E-state index < -0.39 is 0 Å². The van der Waals surface area contributed by atoms with E-state index in [1.54, 1.807) is 24.3 Å². The van der Waals surface area contributed by atoms with E-state index in [2.05, 4.69) is 15.6 Å². The number of amides is 2. The molecule has 1 aliphatic rings. The second-order valence-corrected chi connectivity index (χ2v) is 7.01. The van der Waals surface area contributed by atoms with Crippen LogP contribution < -0.4 is 10.6 Å². The third kappa shape index (κ3) is 4.41. The van der Waals surface area contributed by atoms with Crippen LogP contribution in [0.25, 0.3) is 0 Å². The highest BCUT2D eigenvalue weighted by atomic mass is 35.5. The van der Waals surface area contributed by atoms with Crippen LogP contribution in [0.3, 0.4) is 0 Å². The highest BCUT2D eigenvalue weighted by Crippen LogP contribution is 2.23. The van der Waals surface area contributed by atoms with E-state index in [1.807, 2.05) is 6.92 Å². The molecule has 0 aliphatic heterocycles. The van der Waals surface area contributed by atoms with Gasteiger partial charge in [0.2, 0.25) is 0 Å². The Morgan fingerprint density at radius 1 is 1.12 bits per heavy atom. The maximum absolute atomic E-state index is 12.5. The lowest BCUT2D eigenvalue weighted by Crippen LogP contribution is -2.36. The minimum Gasteiger partial charge on any atom is -0.349 e. The zero-order valence-corrected chi connectivity index (χ0v) is 15.5. The van der Waals surface area contributed by atoms with Crippen LogP contribution in [0.5, 0.6) is 0 Å². The molecule has 136 valence electrons. The highest BCUT2D eigenvalue weighted by Gasteiger charge is 2.18. The Morgan fingerprint density at radius 2 is 1.88 bits per heavy atom. The van der Waals surface area contributed by atoms with Gasteiger partial charge in [-0.25, -0.2) is 0 Å². The SMILES string of the molecule is Cc1c(Cl)cccc1NC(=O)c1cc(C(=O)NC2CCCCC2)ccn1. The van der Waals surface area contributed by atoms with Crippen molar-refractivity contribution in [2.75, 3.05) is 5.32 Å². The van der Waals surface area contributed by atoms with Crippen molar-refractivity contribution in [2.45, 2.75) is 45.1 Å². The van der Waals surface area contributed by atoms with Gasteiger partial charge in [0.1, 0.15) is 5.69 Å². The number of nitrogens with one attached hydrogen (secondary N) is 2. The van der Waals surface area contributed by atoms with Crippen molar-refractivity contribution >= 4 is 29.1 Å². The number of anilines is 1. The molecule has 26 heavy (non-hydrogen) atoms. The second kappa shape index (κ2) is 8.32. The fraction of sp³-hybridized carbons (Fsp3) is 0.350. The van der Waals surface area contributed by atoms with Gasteiger partial charge in [-0.1, -0.05) is 36.9 Å². The van der Waals surface area contributed by atoms with Crippen molar-refractivity contribution in [3.8, 4) is 0 Å². The lowest BCUT2D eigenvalue weighted by molar-refractivity contribution is 0.0927. The minimum atomic E-state index is -0.373. The molecule has 0 radical (unpaired) electrons. The predicted octanol–water partition coefficient (Wildman–Crippen LogP) is 4.36. The van der Waals surface area contributed by atoms with E-state index in [9.17, 15) is 9.59 Å². The van der Waals surface area contributed by atoms with Gasteiger partial charge in [0.05, 0.1) is 0 Å². The molecule has 1 aromatic carbocycles. The quantitative estimate of drug-likeness (QED) is 0.838. The summed E-state index contributed by atoms with van der Waals surface area (Å²) in [5.74, 6) is -0.532. The standard InChI is InChI=1S/C20H22ClN3O2/c1-13-16(21)8-5-9-17(13)24-20(26)18-12-14(10-11-22-18)19(25)23-15-6-3-2-4-7-15/h5,8-12,15H,2-4,6-7H2,1H3,(H,23,25)(H,24,26). The lowest BCUT2D eigenvalue weighted by Gasteiger charge is -2.22. The first-order valence-corrected chi connectivity index (χ1v) is 9.26. The van der Waals surface area contributed by atoms with Gasteiger partial charge in [-0.2, -0.15) is 0 Å². The number of halogens is 1. The van der Waals surface area contributed by atoms with Crippen molar-refractivity contribution in [3.05, 3.63) is 58.4 Å². The summed E-state index contributed by atoms with van der Waals surface area (Å²) in [6.07, 6.45) is 7.03. The van der Waals surface area contributed by atoms with Gasteiger partial charge >= 0.3 is 0 Å². The van der Waals surface area contributed by atoms with Crippen molar-refractivity contribution in [2.24, 2.45) is 0 Å². The number of hydrogen-bond acceptors (Lipinski definition) is 3. The van der Waals surface area contributed by atoms with E-state index in [4.69, 9.17) is 11.6 Å². The zero-order chi connectivity index (χ0) is 18.5. The van der Waals surface area contributed by atoms with Crippen molar-refractivity contribution in [1.29, 1.82) is 0 Å². The minimum absolute atomic E-state index is 0.160. The second-order valence-electron chi connectivity index (χ2n) is 6.60. The molecular weight excluding hydrogens is 350 g/mol. The topological polar surface area (TPSA) is 71.1 Å². The summed E-state index contributed by atoms with van der Waals surface area (Å²) in [7, 11) is 0. The Kier molecular flexibility index (Phi) is 5.89. The van der Waals surface area contributed by atoms with E-state index in [-0.39, 0.29) is 23.6 Å². The first-order chi connectivity index (χ1) is 12.5. The van der Waals surface area contributed by atoms with Crippen molar-refractivity contribution in [3.63, 3.8) is 0 Å². The normalized spacial score (nSPS) is 14.7. The average molecular weight is 372 g/mol. The monoisotopic (exact) mass is 371 g/mol. The van der Waals surface area contributed by atoms with Gasteiger partial charge in [-0.3, -0.25) is 14.6 Å². The number of pyridine rings is 1. The number of benzene rings is 1. The summed E-state index contributed by atoms with van der Waals surface area (Å²) < 4.78 is 0. The Balaban J connectivity index is 1.70. The molecule has 1 saturated carbocycles. The molecule has 1 aromatic heterocycles. The van der Waals surface area contributed by atoms with Crippen LogP contribution in [0, 0.1) is 6.92 Å². The maximum Gasteiger partial charge on any atom is 0.274 e. The Bertz CT molecular complexity index is 816. The summed E-state index contributed by atoms with van der Waals surface area (Å²) in [5, 5.41) is 6.43. The zero-order valence-electron chi connectivity index (χ0n) is 14.7. The molecule has 2 amide bonds. The smallest absolute Gasteiger partial charge is 0.274 e. The fourth-order valence-corrected chi connectivity index (χ4v) is 3.32. The molecule has 0 saturated heterocycles. The number of rotatable bonds is 4. The molecule has 1 fully saturated rings. The van der Waals surface area contributed by atoms with E-state index >= 15 is 0 Å². The Morgan fingerprint density at radius 3 is 2.65 bits per heavy atom. The summed E-state index contributed by atoms with van der Waals surface area (Å²) in [5.41, 5.74) is 2.05. The number of carbonyl (C=O) groups excluding carboxylic acids is 2. The van der Waals surface area contributed by atoms with Crippen LogP contribution in [0.15, 0.2) is 36.5 Å². The van der Waals surface area contributed by atoms with Gasteiger partial charge in [-0.15, -0.1) is 0 Å². The van der Waals surface area contributed by atoms with Crippen molar-refractivity contribution < 1.29 is 9.59 Å². The average Bonchev–Trinajstić information content (AvgIpc) is 2.66. The molecule has 0 bridgehead atoms. The van der Waals surface area contributed by atoms with Crippen LogP contribution in [-0.4, -0.2) is 22.8 Å². The van der Waals surface area contributed by atoms with Crippen LogP contribution in [0.2, 0.25) is 5.02 Å². The van der Waals surface area contributed by atoms with E-state index in [0.717, 1.165) is 31.2 Å². The number of carbonyl (C=O) groups is 2. The molecule has 3 rings (SSSR count). The molecule has 2 N–H and O–H groups in total. The molecule has 0 unspecified atom stereocenters. The van der Waals surface area contributed by atoms with E-state index in [0.29, 0.717) is 16.3 Å². The Labute approximate surface area is 158 Å². The van der Waals surface area contributed by atoms with Crippen LogP contribution in [-0.2, 0) is 0 Å². The predicted molar refractivity (Wildman–Crippen MR) is 103 cm³/mol. The van der Waals surface area contributed by atoms with Gasteiger partial charge in [0, 0.05) is 28.5 Å². The first kappa shape index (κ1) is 18.4. The molecular formula is C20H22ClN3O2. The summed E-state index contributed by atoms with van der Waals surface area (Å²) >= 11 is 6.08. The fourth-order valence-electron chi connectivity index (χ4n) is 3.14. The van der Waals surface area contributed by atoms with E-state index in [1.165, 1.54) is 18.7 Å². The van der Waals surface area contributed by atoms with Crippen molar-refractivity contribution in [1.82, 2.24) is 10.3 Å². The Hall–Kier alpha value is -2.40. The molecule has 0 atom stereocenters.